The van der Waals surface area contributed by atoms with E-state index in [2.05, 4.69) is 13.8 Å². The van der Waals surface area contributed by atoms with Crippen molar-refractivity contribution in [1.29, 1.82) is 0 Å². The monoisotopic (exact) mass is 448 g/mol. The number of allylic oxidation sites excluding steroid dienone is 3. The number of thioether (sulfide) groups is 2. The van der Waals surface area contributed by atoms with E-state index in [1.54, 1.807) is 17.8 Å². The zero-order chi connectivity index (χ0) is 21.7. The van der Waals surface area contributed by atoms with Crippen LogP contribution in [0.15, 0.2) is 78.9 Å². The quantitative estimate of drug-likeness (QED) is 0.354. The molecule has 4 heterocycles. The van der Waals surface area contributed by atoms with Crippen LogP contribution in [0.3, 0.4) is 0 Å². The van der Waals surface area contributed by atoms with Gasteiger partial charge in [-0.15, -0.1) is 23.5 Å². The molecule has 1 aliphatic carbocycles. The van der Waals surface area contributed by atoms with Crippen LogP contribution < -0.4 is 5.63 Å². The highest BCUT2D eigenvalue weighted by molar-refractivity contribution is 8.12. The van der Waals surface area contributed by atoms with Gasteiger partial charge in [-0.1, -0.05) is 18.2 Å². The van der Waals surface area contributed by atoms with Crippen molar-refractivity contribution in [2.24, 2.45) is 0 Å². The molecule has 4 aliphatic rings. The summed E-state index contributed by atoms with van der Waals surface area (Å²) >= 11 is 3.22. The van der Waals surface area contributed by atoms with Gasteiger partial charge in [0, 0.05) is 10.3 Å². The number of cyclic esters (lactones) is 2. The fraction of sp³-hybridized carbons (Fsp3) is 0.208. The van der Waals surface area contributed by atoms with Gasteiger partial charge in [0.05, 0.1) is 26.2 Å². The summed E-state index contributed by atoms with van der Waals surface area (Å²) in [7, 11) is 0. The molecule has 3 aliphatic heterocycles. The lowest BCUT2D eigenvalue weighted by Gasteiger charge is -2.45. The summed E-state index contributed by atoms with van der Waals surface area (Å²) in [5.74, 6) is -1.22. The molecular formula is C24H16O5S2. The van der Waals surface area contributed by atoms with Gasteiger partial charge in [-0.3, -0.25) is 0 Å². The van der Waals surface area contributed by atoms with Crippen molar-refractivity contribution in [1.82, 2.24) is 0 Å². The van der Waals surface area contributed by atoms with Crippen LogP contribution in [0.5, 0.6) is 0 Å². The number of hydrogen-bond acceptors (Lipinski definition) is 7. The number of para-hydroxylation sites is 1. The molecule has 31 heavy (non-hydrogen) atoms. The number of esters is 2. The molecule has 5 nitrogen and oxygen atoms in total. The summed E-state index contributed by atoms with van der Waals surface area (Å²) in [5, 5.41) is 0.824. The number of fused-ring (bicyclic) bond motifs is 5. The molecule has 0 bridgehead atoms. The van der Waals surface area contributed by atoms with Crippen LogP contribution in [0.2, 0.25) is 0 Å². The minimum absolute atomic E-state index is 0.319. The van der Waals surface area contributed by atoms with E-state index in [0.29, 0.717) is 22.3 Å². The van der Waals surface area contributed by atoms with E-state index in [4.69, 9.17) is 9.15 Å². The van der Waals surface area contributed by atoms with Crippen molar-refractivity contribution in [2.75, 3.05) is 0 Å². The van der Waals surface area contributed by atoms with Gasteiger partial charge in [0.2, 0.25) is 0 Å². The van der Waals surface area contributed by atoms with Crippen LogP contribution >= 0.6 is 23.5 Å². The van der Waals surface area contributed by atoms with Gasteiger partial charge in [0.25, 0.3) is 0 Å². The molecule has 1 aromatic heterocycles. The van der Waals surface area contributed by atoms with E-state index in [0.717, 1.165) is 26.3 Å². The van der Waals surface area contributed by atoms with Crippen LogP contribution in [-0.4, -0.2) is 21.4 Å². The molecule has 0 unspecified atom stereocenters. The number of carbonyl (C=O) groups is 2. The number of hydrogen-bond donors (Lipinski definition) is 0. The van der Waals surface area contributed by atoms with Crippen molar-refractivity contribution >= 4 is 51.3 Å². The van der Waals surface area contributed by atoms with Gasteiger partial charge >= 0.3 is 17.6 Å². The van der Waals surface area contributed by atoms with E-state index in [1.807, 2.05) is 43.3 Å². The maximum atomic E-state index is 12.8. The third kappa shape index (κ3) is 2.28. The van der Waals surface area contributed by atoms with Gasteiger partial charge in [0.1, 0.15) is 5.58 Å². The molecule has 2 atom stereocenters. The predicted octanol–water partition coefficient (Wildman–Crippen LogP) is 4.74. The summed E-state index contributed by atoms with van der Waals surface area (Å²) < 4.78 is 9.51. The Morgan fingerprint density at radius 1 is 0.871 bits per heavy atom. The zero-order valence-electron chi connectivity index (χ0n) is 16.9. The Morgan fingerprint density at radius 2 is 1.52 bits per heavy atom. The standard InChI is InChI=1S/C24H16O5S2/c1-11-8-14-18-19(22(27)29-21(18)26)15-10-17(31-24(15,3)23(14,2)30-11)13-9-12-6-4-5-7-16(12)28-20(13)25/h4-10H,1-3H3/t23-,24-/m0/s1. The van der Waals surface area contributed by atoms with Crippen LogP contribution in [0.25, 0.3) is 15.9 Å². The summed E-state index contributed by atoms with van der Waals surface area (Å²) in [6.45, 7) is 6.16. The minimum Gasteiger partial charge on any atom is -0.422 e. The van der Waals surface area contributed by atoms with Crippen molar-refractivity contribution in [3.05, 3.63) is 85.7 Å². The molecule has 0 amide bonds. The number of benzene rings is 1. The highest BCUT2D eigenvalue weighted by Gasteiger charge is 2.62. The SMILES string of the molecule is CC1=CC2=C3C(=O)OC(=O)C3=C3C=C(c4cc5ccccc5oc4=O)S[C@]3(C)[C@@]2(C)S1. The summed E-state index contributed by atoms with van der Waals surface area (Å²) in [6.07, 6.45) is 3.84. The van der Waals surface area contributed by atoms with E-state index in [-0.39, 0.29) is 0 Å². The van der Waals surface area contributed by atoms with E-state index < -0.39 is 27.1 Å². The molecule has 0 saturated carbocycles. The van der Waals surface area contributed by atoms with Crippen molar-refractivity contribution < 1.29 is 18.7 Å². The number of ether oxygens (including phenoxy) is 1. The maximum absolute atomic E-state index is 12.8. The Hall–Kier alpha value is -2.77. The predicted molar refractivity (Wildman–Crippen MR) is 121 cm³/mol. The Labute approximate surface area is 185 Å². The normalized spacial score (nSPS) is 29.1. The van der Waals surface area contributed by atoms with E-state index >= 15 is 0 Å². The lowest BCUT2D eigenvalue weighted by molar-refractivity contribution is -0.149. The molecule has 1 fully saturated rings. The largest absolute Gasteiger partial charge is 0.422 e. The Bertz CT molecular complexity index is 1450. The minimum atomic E-state index is -0.623. The Morgan fingerprint density at radius 3 is 2.26 bits per heavy atom. The zero-order valence-corrected chi connectivity index (χ0v) is 18.5. The Balaban J connectivity index is 1.62. The maximum Gasteiger partial charge on any atom is 0.347 e. The topological polar surface area (TPSA) is 73.6 Å². The van der Waals surface area contributed by atoms with Crippen LogP contribution in [0.1, 0.15) is 26.3 Å². The molecule has 0 radical (unpaired) electrons. The first-order valence-electron chi connectivity index (χ1n) is 9.80. The van der Waals surface area contributed by atoms with Crippen molar-refractivity contribution in [3.8, 4) is 0 Å². The first-order chi connectivity index (χ1) is 14.7. The van der Waals surface area contributed by atoms with Gasteiger partial charge in [-0.2, -0.15) is 0 Å². The molecule has 7 heteroatoms. The van der Waals surface area contributed by atoms with Gasteiger partial charge in [-0.25, -0.2) is 14.4 Å². The average Bonchev–Trinajstić information content (AvgIpc) is 3.32. The Kier molecular flexibility index (Phi) is 3.62. The number of carbonyl (C=O) groups excluding carboxylic acids is 2. The number of rotatable bonds is 1. The second kappa shape index (κ2) is 5.93. The molecule has 0 spiro atoms. The first-order valence-corrected chi connectivity index (χ1v) is 11.4. The average molecular weight is 449 g/mol. The molecule has 1 saturated heterocycles. The third-order valence-corrected chi connectivity index (χ3v) is 9.73. The second-order valence-electron chi connectivity index (χ2n) is 8.27. The molecule has 1 aromatic carbocycles. The molecule has 154 valence electrons. The smallest absolute Gasteiger partial charge is 0.347 e. The molecule has 0 N–H and O–H groups in total. The van der Waals surface area contributed by atoms with Gasteiger partial charge < -0.3 is 9.15 Å². The highest BCUT2D eigenvalue weighted by atomic mass is 32.2. The van der Waals surface area contributed by atoms with Crippen LogP contribution in [0.4, 0.5) is 0 Å². The van der Waals surface area contributed by atoms with Crippen molar-refractivity contribution in [2.45, 2.75) is 30.3 Å². The van der Waals surface area contributed by atoms with E-state index in [1.165, 1.54) is 11.8 Å². The lowest BCUT2D eigenvalue weighted by atomic mass is 9.72. The van der Waals surface area contributed by atoms with Gasteiger partial charge in [-0.05, 0) is 61.1 Å². The van der Waals surface area contributed by atoms with Crippen LogP contribution in [-0.2, 0) is 14.3 Å². The summed E-state index contributed by atoms with van der Waals surface area (Å²) in [5.41, 5.74) is 2.77. The first kappa shape index (κ1) is 19.0. The van der Waals surface area contributed by atoms with Crippen molar-refractivity contribution in [3.63, 3.8) is 0 Å². The third-order valence-electron chi connectivity index (χ3n) is 6.53. The fourth-order valence-corrected chi connectivity index (χ4v) is 7.99. The van der Waals surface area contributed by atoms with Gasteiger partial charge in [0.15, 0.2) is 0 Å². The lowest BCUT2D eigenvalue weighted by Crippen LogP contribution is -2.48. The van der Waals surface area contributed by atoms with Crippen LogP contribution in [0, 0.1) is 0 Å². The molecular weight excluding hydrogens is 432 g/mol. The molecule has 2 aromatic rings. The fourth-order valence-electron chi connectivity index (χ4n) is 4.90. The molecule has 6 rings (SSSR count). The summed E-state index contributed by atoms with van der Waals surface area (Å²) in [4.78, 5) is 39.9. The highest BCUT2D eigenvalue weighted by Crippen LogP contribution is 2.68. The second-order valence-corrected chi connectivity index (χ2v) is 11.4. The summed E-state index contributed by atoms with van der Waals surface area (Å²) in [6, 6.07) is 9.19. The van der Waals surface area contributed by atoms with E-state index in [9.17, 15) is 14.4 Å².